The standard InChI is InChI=1S/C17H19N3O2/c1-17(2,3)20-10-11(9-18)7-15(20)19-16(21)13-8-12(13)14-5-4-6-22-14/h4-7,10,12-13H,8H2,1-3H3,(H,19,21)/t12-,13+/m0/s1. The second-order valence-corrected chi connectivity index (χ2v) is 6.72. The average molecular weight is 297 g/mol. The fourth-order valence-corrected chi connectivity index (χ4v) is 2.70. The summed E-state index contributed by atoms with van der Waals surface area (Å²) >= 11 is 0. The Labute approximate surface area is 129 Å². The summed E-state index contributed by atoms with van der Waals surface area (Å²) in [6.07, 6.45) is 4.21. The average Bonchev–Trinajstić information content (AvgIpc) is 2.88. The number of rotatable bonds is 3. The lowest BCUT2D eigenvalue weighted by atomic mass is 10.1. The summed E-state index contributed by atoms with van der Waals surface area (Å²) in [5, 5.41) is 12.0. The molecule has 1 aliphatic rings. The molecule has 5 nitrogen and oxygen atoms in total. The smallest absolute Gasteiger partial charge is 0.229 e. The first-order valence-electron chi connectivity index (χ1n) is 7.37. The molecule has 2 aromatic heterocycles. The second-order valence-electron chi connectivity index (χ2n) is 6.72. The minimum absolute atomic E-state index is 0.0190. The number of amides is 1. The van der Waals surface area contributed by atoms with Crippen LogP contribution in [0.2, 0.25) is 0 Å². The van der Waals surface area contributed by atoms with Crippen LogP contribution in [0, 0.1) is 17.2 Å². The second kappa shape index (κ2) is 5.06. The van der Waals surface area contributed by atoms with Crippen LogP contribution < -0.4 is 5.32 Å². The highest BCUT2D eigenvalue weighted by atomic mass is 16.3. The van der Waals surface area contributed by atoms with Gasteiger partial charge >= 0.3 is 0 Å². The number of aromatic nitrogens is 1. The van der Waals surface area contributed by atoms with Crippen molar-refractivity contribution < 1.29 is 9.21 Å². The van der Waals surface area contributed by atoms with E-state index in [2.05, 4.69) is 11.4 Å². The van der Waals surface area contributed by atoms with E-state index in [9.17, 15) is 4.79 Å². The molecule has 2 heterocycles. The Balaban J connectivity index is 1.75. The van der Waals surface area contributed by atoms with Crippen molar-refractivity contribution in [2.75, 3.05) is 5.32 Å². The van der Waals surface area contributed by atoms with Gasteiger partial charge in [0.1, 0.15) is 17.6 Å². The fourth-order valence-electron chi connectivity index (χ4n) is 2.70. The molecule has 0 spiro atoms. The van der Waals surface area contributed by atoms with Crippen molar-refractivity contribution in [1.82, 2.24) is 4.57 Å². The summed E-state index contributed by atoms with van der Waals surface area (Å²) in [5.41, 5.74) is 0.338. The van der Waals surface area contributed by atoms with E-state index in [0.29, 0.717) is 11.4 Å². The molecular weight excluding hydrogens is 278 g/mol. The number of nitriles is 1. The molecule has 0 bridgehead atoms. The van der Waals surface area contributed by atoms with Gasteiger partial charge in [0, 0.05) is 23.6 Å². The van der Waals surface area contributed by atoms with Crippen molar-refractivity contribution in [1.29, 1.82) is 5.26 Å². The zero-order valence-corrected chi connectivity index (χ0v) is 13.0. The highest BCUT2D eigenvalue weighted by Gasteiger charge is 2.46. The number of anilines is 1. The largest absolute Gasteiger partial charge is 0.469 e. The number of carbonyl (C=O) groups is 1. The Morgan fingerprint density at radius 2 is 2.27 bits per heavy atom. The van der Waals surface area contributed by atoms with E-state index in [1.54, 1.807) is 18.5 Å². The molecule has 5 heteroatoms. The lowest BCUT2D eigenvalue weighted by Gasteiger charge is -2.24. The predicted octanol–water partition coefficient (Wildman–Crippen LogP) is 3.45. The topological polar surface area (TPSA) is 71.0 Å². The van der Waals surface area contributed by atoms with E-state index < -0.39 is 0 Å². The van der Waals surface area contributed by atoms with Crippen LogP contribution in [0.3, 0.4) is 0 Å². The van der Waals surface area contributed by atoms with Crippen molar-refractivity contribution >= 4 is 11.7 Å². The summed E-state index contributed by atoms with van der Waals surface area (Å²) in [4.78, 5) is 12.4. The van der Waals surface area contributed by atoms with Gasteiger partial charge in [-0.1, -0.05) is 0 Å². The van der Waals surface area contributed by atoms with Gasteiger partial charge in [-0.05, 0) is 45.4 Å². The summed E-state index contributed by atoms with van der Waals surface area (Å²) in [7, 11) is 0. The lowest BCUT2D eigenvalue weighted by Crippen LogP contribution is -2.25. The van der Waals surface area contributed by atoms with Gasteiger partial charge in [-0.25, -0.2) is 0 Å². The lowest BCUT2D eigenvalue weighted by molar-refractivity contribution is -0.117. The van der Waals surface area contributed by atoms with Crippen molar-refractivity contribution in [3.63, 3.8) is 0 Å². The monoisotopic (exact) mass is 297 g/mol. The van der Waals surface area contributed by atoms with Crippen LogP contribution >= 0.6 is 0 Å². The fraction of sp³-hybridized carbons (Fsp3) is 0.412. The van der Waals surface area contributed by atoms with Gasteiger partial charge in [-0.3, -0.25) is 4.79 Å². The third-order valence-electron chi connectivity index (χ3n) is 3.96. The molecule has 1 N–H and O–H groups in total. The molecule has 0 aliphatic heterocycles. The third-order valence-corrected chi connectivity index (χ3v) is 3.96. The predicted molar refractivity (Wildman–Crippen MR) is 82.3 cm³/mol. The van der Waals surface area contributed by atoms with E-state index in [1.807, 2.05) is 37.5 Å². The van der Waals surface area contributed by atoms with E-state index in [0.717, 1.165) is 12.2 Å². The first-order chi connectivity index (χ1) is 10.4. The Morgan fingerprint density at radius 1 is 1.50 bits per heavy atom. The molecule has 0 saturated heterocycles. The maximum Gasteiger partial charge on any atom is 0.229 e. The van der Waals surface area contributed by atoms with Crippen molar-refractivity contribution in [3.8, 4) is 6.07 Å². The maximum atomic E-state index is 12.4. The van der Waals surface area contributed by atoms with Crippen LogP contribution in [-0.2, 0) is 10.3 Å². The molecule has 1 aliphatic carbocycles. The molecule has 0 radical (unpaired) electrons. The molecule has 1 saturated carbocycles. The zero-order chi connectivity index (χ0) is 15.9. The van der Waals surface area contributed by atoms with E-state index in [4.69, 9.17) is 9.68 Å². The number of nitrogens with zero attached hydrogens (tertiary/aromatic N) is 2. The maximum absolute atomic E-state index is 12.4. The molecule has 114 valence electrons. The molecule has 2 aromatic rings. The molecule has 1 amide bonds. The Bertz CT molecular complexity index is 729. The number of nitrogens with one attached hydrogen (secondary N) is 1. The zero-order valence-electron chi connectivity index (χ0n) is 13.0. The molecule has 0 unspecified atom stereocenters. The number of carbonyl (C=O) groups excluding carboxylic acids is 1. The normalized spacial score (nSPS) is 20.5. The number of hydrogen-bond donors (Lipinski definition) is 1. The van der Waals surface area contributed by atoms with Crippen LogP contribution in [0.15, 0.2) is 35.1 Å². The van der Waals surface area contributed by atoms with Crippen molar-refractivity contribution in [2.45, 2.75) is 38.6 Å². The molecule has 3 rings (SSSR count). The summed E-state index contributed by atoms with van der Waals surface area (Å²) < 4.78 is 7.28. The SMILES string of the molecule is CC(C)(C)n1cc(C#N)cc1NC(=O)[C@@H]1C[C@@H]1c1ccco1. The van der Waals surface area contributed by atoms with Gasteiger partial charge in [0.2, 0.25) is 5.91 Å². The first kappa shape index (κ1) is 14.5. The van der Waals surface area contributed by atoms with Gasteiger partial charge in [0.25, 0.3) is 0 Å². The van der Waals surface area contributed by atoms with Gasteiger partial charge in [0.05, 0.1) is 11.8 Å². The van der Waals surface area contributed by atoms with Gasteiger partial charge in [-0.2, -0.15) is 5.26 Å². The number of furan rings is 1. The van der Waals surface area contributed by atoms with Gasteiger partial charge in [-0.15, -0.1) is 0 Å². The molecule has 1 fully saturated rings. The van der Waals surface area contributed by atoms with Crippen LogP contribution in [-0.4, -0.2) is 10.5 Å². The Kier molecular flexibility index (Phi) is 3.32. The molecule has 2 atom stereocenters. The molecule has 0 aromatic carbocycles. The van der Waals surface area contributed by atoms with Crippen LogP contribution in [0.4, 0.5) is 5.82 Å². The minimum Gasteiger partial charge on any atom is -0.469 e. The van der Waals surface area contributed by atoms with Crippen LogP contribution in [0.25, 0.3) is 0 Å². The Hall–Kier alpha value is -2.48. The van der Waals surface area contributed by atoms with E-state index in [1.165, 1.54) is 0 Å². The third kappa shape index (κ3) is 2.64. The highest BCUT2D eigenvalue weighted by Crippen LogP contribution is 2.48. The van der Waals surface area contributed by atoms with Crippen molar-refractivity contribution in [3.05, 3.63) is 42.0 Å². The van der Waals surface area contributed by atoms with Crippen LogP contribution in [0.5, 0.6) is 0 Å². The quantitative estimate of drug-likeness (QED) is 0.943. The van der Waals surface area contributed by atoms with Crippen LogP contribution in [0.1, 0.15) is 44.4 Å². The highest BCUT2D eigenvalue weighted by molar-refractivity contribution is 5.94. The summed E-state index contributed by atoms with van der Waals surface area (Å²) in [6.45, 7) is 6.10. The van der Waals surface area contributed by atoms with Crippen molar-refractivity contribution in [2.24, 2.45) is 5.92 Å². The van der Waals surface area contributed by atoms with Gasteiger partial charge in [0.15, 0.2) is 0 Å². The Morgan fingerprint density at radius 3 is 2.86 bits per heavy atom. The summed E-state index contributed by atoms with van der Waals surface area (Å²) in [6, 6.07) is 7.58. The van der Waals surface area contributed by atoms with E-state index in [-0.39, 0.29) is 23.3 Å². The number of hydrogen-bond acceptors (Lipinski definition) is 3. The molecule has 22 heavy (non-hydrogen) atoms. The van der Waals surface area contributed by atoms with Gasteiger partial charge < -0.3 is 14.3 Å². The summed E-state index contributed by atoms with van der Waals surface area (Å²) in [5.74, 6) is 1.63. The van der Waals surface area contributed by atoms with E-state index >= 15 is 0 Å². The first-order valence-corrected chi connectivity index (χ1v) is 7.37. The molecular formula is C17H19N3O2. The minimum atomic E-state index is -0.207.